The van der Waals surface area contributed by atoms with Gasteiger partial charge in [0.05, 0.1) is 0 Å². The Morgan fingerprint density at radius 2 is 1.94 bits per heavy atom. The normalized spacial score (nSPS) is 14.4. The van der Waals surface area contributed by atoms with E-state index in [-0.39, 0.29) is 18.4 Å². The van der Waals surface area contributed by atoms with Gasteiger partial charge >= 0.3 is 5.97 Å². The summed E-state index contributed by atoms with van der Waals surface area (Å²) in [5.41, 5.74) is 1.23. The van der Waals surface area contributed by atoms with Crippen molar-refractivity contribution >= 4 is 5.97 Å². The van der Waals surface area contributed by atoms with Gasteiger partial charge in [-0.15, -0.1) is 0 Å². The van der Waals surface area contributed by atoms with E-state index in [1.54, 1.807) is 0 Å². The molecule has 88 valence electrons. The number of aliphatic carboxylic acids is 1. The fraction of sp³-hybridized carbons (Fsp3) is 0.462. The van der Waals surface area contributed by atoms with Gasteiger partial charge in [0.1, 0.15) is 0 Å². The molecule has 0 heterocycles. The lowest BCUT2D eigenvalue weighted by Crippen LogP contribution is -2.25. The minimum absolute atomic E-state index is 0.156. The van der Waals surface area contributed by atoms with Gasteiger partial charge in [-0.05, 0) is 24.9 Å². The van der Waals surface area contributed by atoms with Crippen LogP contribution in [0, 0.1) is 5.92 Å². The molecular formula is C13H19NO2. The van der Waals surface area contributed by atoms with Gasteiger partial charge in [-0.2, -0.15) is 0 Å². The third kappa shape index (κ3) is 4.45. The highest BCUT2D eigenvalue weighted by molar-refractivity contribution is 5.66. The Hall–Kier alpha value is -1.35. The van der Waals surface area contributed by atoms with E-state index >= 15 is 0 Å². The molecule has 0 saturated heterocycles. The van der Waals surface area contributed by atoms with Gasteiger partial charge in [0.15, 0.2) is 0 Å². The molecule has 0 aliphatic heterocycles. The molecular weight excluding hydrogens is 202 g/mol. The van der Waals surface area contributed by atoms with Crippen LogP contribution in [0.5, 0.6) is 0 Å². The van der Waals surface area contributed by atoms with E-state index in [9.17, 15) is 4.79 Å². The van der Waals surface area contributed by atoms with E-state index < -0.39 is 5.97 Å². The van der Waals surface area contributed by atoms with Crippen molar-refractivity contribution in [2.45, 2.75) is 26.3 Å². The number of carboxylic acids is 1. The minimum atomic E-state index is -0.735. The van der Waals surface area contributed by atoms with E-state index in [0.717, 1.165) is 6.54 Å². The molecule has 0 aliphatic rings. The molecule has 1 aromatic carbocycles. The Bertz CT molecular complexity index is 324. The van der Waals surface area contributed by atoms with Crippen molar-refractivity contribution in [2.24, 2.45) is 5.92 Å². The molecule has 0 aromatic heterocycles. The highest BCUT2D eigenvalue weighted by atomic mass is 16.4. The number of hydrogen-bond acceptors (Lipinski definition) is 2. The van der Waals surface area contributed by atoms with E-state index in [1.165, 1.54) is 5.56 Å². The molecule has 0 aliphatic carbocycles. The zero-order chi connectivity index (χ0) is 12.0. The third-order valence-corrected chi connectivity index (χ3v) is 2.60. The van der Waals surface area contributed by atoms with E-state index in [0.29, 0.717) is 0 Å². The number of rotatable bonds is 6. The first-order valence-electron chi connectivity index (χ1n) is 5.59. The highest BCUT2D eigenvalue weighted by Gasteiger charge is 2.09. The molecule has 2 N–H and O–H groups in total. The van der Waals surface area contributed by atoms with Gasteiger partial charge in [-0.25, -0.2) is 0 Å². The summed E-state index contributed by atoms with van der Waals surface area (Å²) in [4.78, 5) is 10.5. The standard InChI is InChI=1S/C13H19NO2/c1-10(8-13(15)16)9-14-11(2)12-6-4-3-5-7-12/h3-7,10-11,14H,8-9H2,1-2H3,(H,15,16)/t10?,11-/m0/s1. The van der Waals surface area contributed by atoms with Gasteiger partial charge in [0.2, 0.25) is 0 Å². The fourth-order valence-corrected chi connectivity index (χ4v) is 1.61. The Labute approximate surface area is 96.5 Å². The fourth-order valence-electron chi connectivity index (χ4n) is 1.61. The van der Waals surface area contributed by atoms with Crippen LogP contribution in [0.2, 0.25) is 0 Å². The van der Waals surface area contributed by atoms with Crippen molar-refractivity contribution < 1.29 is 9.90 Å². The maximum Gasteiger partial charge on any atom is 0.303 e. The topological polar surface area (TPSA) is 49.3 Å². The number of carboxylic acid groups (broad SMARTS) is 1. The smallest absolute Gasteiger partial charge is 0.303 e. The summed E-state index contributed by atoms with van der Waals surface area (Å²) >= 11 is 0. The summed E-state index contributed by atoms with van der Waals surface area (Å²) in [5, 5.41) is 12.0. The van der Waals surface area contributed by atoms with Crippen LogP contribution in [0.4, 0.5) is 0 Å². The average molecular weight is 221 g/mol. The van der Waals surface area contributed by atoms with Gasteiger partial charge in [-0.3, -0.25) is 4.79 Å². The number of benzene rings is 1. The number of carbonyl (C=O) groups is 1. The van der Waals surface area contributed by atoms with Crippen LogP contribution >= 0.6 is 0 Å². The van der Waals surface area contributed by atoms with Crippen molar-refractivity contribution in [2.75, 3.05) is 6.54 Å². The van der Waals surface area contributed by atoms with Crippen molar-refractivity contribution in [3.63, 3.8) is 0 Å². The van der Waals surface area contributed by atoms with Gasteiger partial charge < -0.3 is 10.4 Å². The van der Waals surface area contributed by atoms with Gasteiger partial charge in [0, 0.05) is 12.5 Å². The summed E-state index contributed by atoms with van der Waals surface area (Å²) in [5.74, 6) is -0.578. The maximum atomic E-state index is 10.5. The minimum Gasteiger partial charge on any atom is -0.481 e. The van der Waals surface area contributed by atoms with Crippen LogP contribution in [0.3, 0.4) is 0 Å². The Morgan fingerprint density at radius 3 is 2.50 bits per heavy atom. The van der Waals surface area contributed by atoms with E-state index in [2.05, 4.69) is 24.4 Å². The predicted molar refractivity (Wildman–Crippen MR) is 64.3 cm³/mol. The molecule has 0 spiro atoms. The summed E-state index contributed by atoms with van der Waals surface area (Å²) in [6.07, 6.45) is 0.217. The molecule has 1 rings (SSSR count). The maximum absolute atomic E-state index is 10.5. The van der Waals surface area contributed by atoms with E-state index in [4.69, 9.17) is 5.11 Å². The largest absolute Gasteiger partial charge is 0.481 e. The zero-order valence-corrected chi connectivity index (χ0v) is 9.81. The van der Waals surface area contributed by atoms with E-state index in [1.807, 2.05) is 25.1 Å². The highest BCUT2D eigenvalue weighted by Crippen LogP contribution is 2.12. The molecule has 0 bridgehead atoms. The van der Waals surface area contributed by atoms with Crippen LogP contribution in [-0.4, -0.2) is 17.6 Å². The van der Waals surface area contributed by atoms with Crippen molar-refractivity contribution in [1.82, 2.24) is 5.32 Å². The molecule has 0 radical (unpaired) electrons. The summed E-state index contributed by atoms with van der Waals surface area (Å²) in [6.45, 7) is 4.75. The second-order valence-electron chi connectivity index (χ2n) is 4.24. The number of nitrogens with one attached hydrogen (secondary N) is 1. The monoisotopic (exact) mass is 221 g/mol. The van der Waals surface area contributed by atoms with Crippen molar-refractivity contribution in [1.29, 1.82) is 0 Å². The average Bonchev–Trinajstić information content (AvgIpc) is 2.26. The molecule has 0 amide bonds. The molecule has 1 unspecified atom stereocenters. The lowest BCUT2D eigenvalue weighted by molar-refractivity contribution is -0.137. The van der Waals surface area contributed by atoms with Crippen LogP contribution in [0.15, 0.2) is 30.3 Å². The quantitative estimate of drug-likeness (QED) is 0.775. The summed E-state index contributed by atoms with van der Waals surface area (Å²) in [6, 6.07) is 10.4. The lowest BCUT2D eigenvalue weighted by Gasteiger charge is -2.17. The molecule has 2 atom stereocenters. The molecule has 0 fully saturated rings. The van der Waals surface area contributed by atoms with Crippen molar-refractivity contribution in [3.8, 4) is 0 Å². The SMILES string of the molecule is CC(CN[C@@H](C)c1ccccc1)CC(=O)O. The second kappa shape index (κ2) is 6.28. The van der Waals surface area contributed by atoms with Crippen molar-refractivity contribution in [3.05, 3.63) is 35.9 Å². The summed E-state index contributed by atoms with van der Waals surface area (Å²) in [7, 11) is 0. The first-order valence-corrected chi connectivity index (χ1v) is 5.59. The third-order valence-electron chi connectivity index (χ3n) is 2.60. The Morgan fingerprint density at radius 1 is 1.31 bits per heavy atom. The van der Waals surface area contributed by atoms with Gasteiger partial charge in [-0.1, -0.05) is 37.3 Å². The second-order valence-corrected chi connectivity index (χ2v) is 4.24. The first kappa shape index (κ1) is 12.7. The number of hydrogen-bond donors (Lipinski definition) is 2. The molecule has 16 heavy (non-hydrogen) atoms. The predicted octanol–water partition coefficient (Wildman–Crippen LogP) is 2.45. The zero-order valence-electron chi connectivity index (χ0n) is 9.81. The van der Waals surface area contributed by atoms with Crippen LogP contribution in [0.1, 0.15) is 31.9 Å². The Balaban J connectivity index is 2.35. The molecule has 3 nitrogen and oxygen atoms in total. The van der Waals surface area contributed by atoms with Crippen LogP contribution in [-0.2, 0) is 4.79 Å². The molecule has 1 aromatic rings. The first-order chi connectivity index (χ1) is 7.59. The lowest BCUT2D eigenvalue weighted by atomic mass is 10.1. The summed E-state index contributed by atoms with van der Waals surface area (Å²) < 4.78 is 0. The Kier molecular flexibility index (Phi) is 4.99. The molecule has 0 saturated carbocycles. The van der Waals surface area contributed by atoms with Gasteiger partial charge in [0.25, 0.3) is 0 Å². The molecule has 3 heteroatoms. The van der Waals surface area contributed by atoms with Crippen LogP contribution < -0.4 is 5.32 Å². The van der Waals surface area contributed by atoms with Crippen LogP contribution in [0.25, 0.3) is 0 Å².